The first-order valence-electron chi connectivity index (χ1n) is 11.2. The van der Waals surface area contributed by atoms with Gasteiger partial charge in [0.1, 0.15) is 0 Å². The minimum Gasteiger partial charge on any atom is -0.455 e. The molecule has 4 aliphatic rings. The van der Waals surface area contributed by atoms with E-state index in [4.69, 9.17) is 4.74 Å². The molecule has 4 fully saturated rings. The zero-order valence-corrected chi connectivity index (χ0v) is 18.0. The van der Waals surface area contributed by atoms with E-state index in [0.717, 1.165) is 36.9 Å². The van der Waals surface area contributed by atoms with E-state index < -0.39 is 0 Å². The molecule has 0 aromatic heterocycles. The number of nitrogens with one attached hydrogen (secondary N) is 1. The molecule has 4 bridgehead atoms. The minimum atomic E-state index is -0.366. The molecule has 6 nitrogen and oxygen atoms in total. The highest BCUT2D eigenvalue weighted by atomic mass is 16.5. The van der Waals surface area contributed by atoms with E-state index in [-0.39, 0.29) is 36.4 Å². The highest BCUT2D eigenvalue weighted by Gasteiger charge is 2.55. The van der Waals surface area contributed by atoms with Crippen molar-refractivity contribution in [2.45, 2.75) is 51.9 Å². The van der Waals surface area contributed by atoms with Crippen LogP contribution >= 0.6 is 0 Å². The van der Waals surface area contributed by atoms with Crippen molar-refractivity contribution in [1.82, 2.24) is 4.90 Å². The Hall–Kier alpha value is -2.37. The number of aryl methyl sites for hydroxylation is 1. The summed E-state index contributed by atoms with van der Waals surface area (Å²) in [5.74, 6) is 1.13. The monoisotopic (exact) mass is 412 g/mol. The number of carbonyl (C=O) groups is 3. The van der Waals surface area contributed by atoms with Crippen LogP contribution in [0.3, 0.4) is 0 Å². The molecular formula is C24H32N2O4. The number of nitrogens with zero attached hydrogens (tertiary/aromatic N) is 1. The Morgan fingerprint density at radius 1 is 1.07 bits per heavy atom. The Morgan fingerprint density at radius 3 is 2.27 bits per heavy atom. The number of anilines is 1. The van der Waals surface area contributed by atoms with Gasteiger partial charge in [0.25, 0.3) is 5.91 Å². The maximum atomic E-state index is 12.9. The molecule has 162 valence electrons. The van der Waals surface area contributed by atoms with Gasteiger partial charge in [-0.15, -0.1) is 0 Å². The molecule has 1 aromatic rings. The molecule has 1 N–H and O–H groups in total. The quantitative estimate of drug-likeness (QED) is 0.697. The fraction of sp³-hybridized carbons (Fsp3) is 0.625. The first-order valence-corrected chi connectivity index (χ1v) is 11.2. The number of benzene rings is 1. The molecule has 4 saturated carbocycles. The lowest BCUT2D eigenvalue weighted by molar-refractivity contribution is -0.174. The van der Waals surface area contributed by atoms with Crippen molar-refractivity contribution in [3.05, 3.63) is 29.8 Å². The van der Waals surface area contributed by atoms with E-state index >= 15 is 0 Å². The van der Waals surface area contributed by atoms with Crippen LogP contribution < -0.4 is 5.32 Å². The maximum absolute atomic E-state index is 12.9. The highest BCUT2D eigenvalue weighted by molar-refractivity contribution is 5.95. The Bertz CT molecular complexity index is 799. The third-order valence-corrected chi connectivity index (χ3v) is 7.28. The number of rotatable bonds is 7. The number of ether oxygens (including phenoxy) is 1. The zero-order chi connectivity index (χ0) is 21.3. The third-order valence-electron chi connectivity index (χ3n) is 7.28. The third kappa shape index (κ3) is 4.23. The second-order valence-electron chi connectivity index (χ2n) is 9.58. The average molecular weight is 413 g/mol. The molecular weight excluding hydrogens is 380 g/mol. The number of hydrogen-bond acceptors (Lipinski definition) is 4. The van der Waals surface area contributed by atoms with Crippen molar-refractivity contribution in [1.29, 1.82) is 0 Å². The van der Waals surface area contributed by atoms with Crippen LogP contribution in [0.25, 0.3) is 0 Å². The van der Waals surface area contributed by atoms with Gasteiger partial charge in [0, 0.05) is 12.7 Å². The van der Waals surface area contributed by atoms with Gasteiger partial charge in [-0.25, -0.2) is 0 Å². The fourth-order valence-electron chi connectivity index (χ4n) is 6.20. The van der Waals surface area contributed by atoms with Crippen LogP contribution in [0.1, 0.15) is 51.0 Å². The summed E-state index contributed by atoms with van der Waals surface area (Å²) in [7, 11) is 1.56. The summed E-state index contributed by atoms with van der Waals surface area (Å²) in [6.07, 6.45) is 7.33. The van der Waals surface area contributed by atoms with Crippen molar-refractivity contribution in [2.24, 2.45) is 23.2 Å². The largest absolute Gasteiger partial charge is 0.455 e. The second-order valence-corrected chi connectivity index (χ2v) is 9.58. The first kappa shape index (κ1) is 20.9. The summed E-state index contributed by atoms with van der Waals surface area (Å²) >= 11 is 0. The van der Waals surface area contributed by atoms with Gasteiger partial charge in [-0.3, -0.25) is 14.4 Å². The molecule has 4 aliphatic carbocycles. The SMILES string of the molecule is CCc1ccccc1NC(=O)CN(C)C(=O)COC(=O)C12CC3CC(CC(C3)C1)C2. The Balaban J connectivity index is 1.27. The lowest BCUT2D eigenvalue weighted by atomic mass is 9.49. The molecule has 0 unspecified atom stereocenters. The molecule has 6 heteroatoms. The van der Waals surface area contributed by atoms with Crippen LogP contribution in [-0.4, -0.2) is 42.9 Å². The summed E-state index contributed by atoms with van der Waals surface area (Å²) in [6, 6.07) is 7.62. The van der Waals surface area contributed by atoms with Gasteiger partial charge < -0.3 is 15.0 Å². The van der Waals surface area contributed by atoms with Crippen molar-refractivity contribution < 1.29 is 19.1 Å². The van der Waals surface area contributed by atoms with Crippen LogP contribution in [0.5, 0.6) is 0 Å². The lowest BCUT2D eigenvalue weighted by Gasteiger charge is -2.55. The van der Waals surface area contributed by atoms with Gasteiger partial charge in [0.2, 0.25) is 5.91 Å². The molecule has 5 rings (SSSR count). The summed E-state index contributed by atoms with van der Waals surface area (Å²) < 4.78 is 5.48. The molecule has 0 aliphatic heterocycles. The summed E-state index contributed by atoms with van der Waals surface area (Å²) in [4.78, 5) is 39.0. The highest BCUT2D eigenvalue weighted by Crippen LogP contribution is 2.60. The predicted molar refractivity (Wildman–Crippen MR) is 114 cm³/mol. The van der Waals surface area contributed by atoms with Crippen LogP contribution in [0, 0.1) is 23.2 Å². The van der Waals surface area contributed by atoms with Crippen LogP contribution in [0.15, 0.2) is 24.3 Å². The molecule has 2 amide bonds. The minimum absolute atomic E-state index is 0.0776. The van der Waals surface area contributed by atoms with E-state index in [1.807, 2.05) is 31.2 Å². The normalized spacial score (nSPS) is 28.8. The summed E-state index contributed by atoms with van der Waals surface area (Å²) in [6.45, 7) is 1.65. The topological polar surface area (TPSA) is 75.7 Å². The van der Waals surface area contributed by atoms with Crippen LogP contribution in [0.4, 0.5) is 5.69 Å². The smallest absolute Gasteiger partial charge is 0.312 e. The maximum Gasteiger partial charge on any atom is 0.312 e. The van der Waals surface area contributed by atoms with Crippen LogP contribution in [0.2, 0.25) is 0 Å². The first-order chi connectivity index (χ1) is 14.4. The lowest BCUT2D eigenvalue weighted by Crippen LogP contribution is -2.51. The average Bonchev–Trinajstić information content (AvgIpc) is 2.71. The number of amides is 2. The Morgan fingerprint density at radius 2 is 1.67 bits per heavy atom. The van der Waals surface area contributed by atoms with Gasteiger partial charge in [-0.05, 0) is 74.3 Å². The molecule has 30 heavy (non-hydrogen) atoms. The van der Waals surface area contributed by atoms with Crippen molar-refractivity contribution in [3.8, 4) is 0 Å². The van der Waals surface area contributed by atoms with Gasteiger partial charge in [-0.1, -0.05) is 25.1 Å². The number of esters is 1. The number of likely N-dealkylation sites (N-methyl/N-ethyl adjacent to an activating group) is 1. The second kappa shape index (κ2) is 8.40. The predicted octanol–water partition coefficient (Wildman–Crippen LogP) is 3.41. The Kier molecular flexibility index (Phi) is 5.85. The van der Waals surface area contributed by atoms with Gasteiger partial charge >= 0.3 is 5.97 Å². The molecule has 0 atom stereocenters. The summed E-state index contributed by atoms with van der Waals surface area (Å²) in [5.41, 5.74) is 1.44. The fourth-order valence-corrected chi connectivity index (χ4v) is 6.20. The van der Waals surface area contributed by atoms with Crippen molar-refractivity contribution >= 4 is 23.5 Å². The molecule has 1 aromatic carbocycles. The molecule has 0 radical (unpaired) electrons. The summed E-state index contributed by atoms with van der Waals surface area (Å²) in [5, 5.41) is 2.86. The van der Waals surface area contributed by atoms with E-state index in [9.17, 15) is 14.4 Å². The molecule has 0 heterocycles. The molecule has 0 saturated heterocycles. The number of hydrogen-bond donors (Lipinski definition) is 1. The van der Waals surface area contributed by atoms with Gasteiger partial charge in [-0.2, -0.15) is 0 Å². The van der Waals surface area contributed by atoms with Crippen molar-refractivity contribution in [3.63, 3.8) is 0 Å². The number of para-hydroxylation sites is 1. The standard InChI is InChI=1S/C24H32N2O4/c1-3-19-6-4-5-7-20(19)25-21(27)14-26(2)22(28)15-30-23(29)24-11-16-8-17(12-24)10-18(9-16)13-24/h4-7,16-18H,3,8-15H2,1-2H3,(H,25,27). The van der Waals surface area contributed by atoms with E-state index in [2.05, 4.69) is 5.32 Å². The van der Waals surface area contributed by atoms with E-state index in [1.165, 1.54) is 24.2 Å². The molecule has 0 spiro atoms. The van der Waals surface area contributed by atoms with Crippen molar-refractivity contribution in [2.75, 3.05) is 25.5 Å². The van der Waals surface area contributed by atoms with Gasteiger partial charge in [0.15, 0.2) is 6.61 Å². The van der Waals surface area contributed by atoms with Gasteiger partial charge in [0.05, 0.1) is 12.0 Å². The number of carbonyl (C=O) groups excluding carboxylic acids is 3. The van der Waals surface area contributed by atoms with E-state index in [1.54, 1.807) is 7.05 Å². The van der Waals surface area contributed by atoms with E-state index in [0.29, 0.717) is 17.8 Å². The zero-order valence-electron chi connectivity index (χ0n) is 18.0. The van der Waals surface area contributed by atoms with Crippen LogP contribution in [-0.2, 0) is 25.5 Å². The Labute approximate surface area is 178 Å².